The summed E-state index contributed by atoms with van der Waals surface area (Å²) < 4.78 is 5.62. The quantitative estimate of drug-likeness (QED) is 0.253. The number of rotatable bonds is 13. The number of amides is 3. The average molecular weight is 651 g/mol. The molecule has 48 heavy (non-hydrogen) atoms. The van der Waals surface area contributed by atoms with Crippen molar-refractivity contribution < 1.29 is 19.1 Å². The molecule has 2 fully saturated rings. The van der Waals surface area contributed by atoms with E-state index in [4.69, 9.17) is 9.72 Å². The molecule has 1 aromatic heterocycles. The fourth-order valence-electron chi connectivity index (χ4n) is 6.70. The monoisotopic (exact) mass is 650 g/mol. The Bertz CT molecular complexity index is 1670. The predicted octanol–water partition coefficient (Wildman–Crippen LogP) is 2.45. The van der Waals surface area contributed by atoms with Crippen molar-refractivity contribution in [3.8, 4) is 11.9 Å². The summed E-state index contributed by atoms with van der Waals surface area (Å²) in [7, 11) is 1.60. The van der Waals surface area contributed by atoms with Gasteiger partial charge in [-0.2, -0.15) is 5.26 Å². The molecule has 0 saturated carbocycles. The standard InChI is InChI=1S/C36H42N8O4/c1-48-35-25(18-38-21-27-9-12-33(45)41-27)8-11-31(43-35)29-7-3-6-24(30(29)17-37)5-2-4-23-14-15-44-32(16-23)40-20-26(36(44)47)19-39-22-28-10-13-34(46)42-28/h2-4,6,8,11,14-16,26-29,38-39H,5,7,9-10,12-13,18-22H2,1H3,(H,41,45)(H,42,46)/b4-2+/t26?,27-,28-,29?/m0/s1. The first-order valence-corrected chi connectivity index (χ1v) is 16.7. The highest BCUT2D eigenvalue weighted by atomic mass is 16.5. The van der Waals surface area contributed by atoms with E-state index in [-0.39, 0.29) is 41.6 Å². The smallest absolute Gasteiger partial charge is 0.238 e. The maximum atomic E-state index is 13.1. The van der Waals surface area contributed by atoms with Crippen LogP contribution in [-0.2, 0) is 20.9 Å². The minimum absolute atomic E-state index is 0.00860. The van der Waals surface area contributed by atoms with Crippen molar-refractivity contribution in [2.24, 2.45) is 10.9 Å². The molecule has 0 spiro atoms. The second-order valence-corrected chi connectivity index (χ2v) is 12.7. The molecule has 0 radical (unpaired) electrons. The number of amidine groups is 1. The number of aliphatic imine (C=N–C) groups is 1. The zero-order valence-corrected chi connectivity index (χ0v) is 27.2. The van der Waals surface area contributed by atoms with Crippen molar-refractivity contribution in [2.75, 3.05) is 33.3 Å². The van der Waals surface area contributed by atoms with Crippen LogP contribution >= 0.6 is 0 Å². The van der Waals surface area contributed by atoms with Gasteiger partial charge in [0, 0.05) is 74.4 Å². The van der Waals surface area contributed by atoms with E-state index in [1.54, 1.807) is 18.2 Å². The third-order valence-electron chi connectivity index (χ3n) is 9.34. The largest absolute Gasteiger partial charge is 0.481 e. The predicted molar refractivity (Wildman–Crippen MR) is 180 cm³/mol. The molecule has 0 bridgehead atoms. The number of hydrogen-bond acceptors (Lipinski definition) is 9. The normalized spacial score (nSPS) is 25.2. The van der Waals surface area contributed by atoms with Gasteiger partial charge in [-0.25, -0.2) is 4.98 Å². The Kier molecular flexibility index (Phi) is 10.6. The van der Waals surface area contributed by atoms with Crippen molar-refractivity contribution in [2.45, 2.75) is 63.1 Å². The molecular formula is C36H42N8O4. The van der Waals surface area contributed by atoms with Crippen LogP contribution in [0.15, 0.2) is 76.5 Å². The van der Waals surface area contributed by atoms with Gasteiger partial charge < -0.3 is 26.0 Å². The van der Waals surface area contributed by atoms with Crippen molar-refractivity contribution in [1.29, 1.82) is 5.26 Å². The second-order valence-electron chi connectivity index (χ2n) is 12.7. The number of nitriles is 1. The Balaban J connectivity index is 1.05. The molecule has 4 N–H and O–H groups in total. The highest BCUT2D eigenvalue weighted by Crippen LogP contribution is 2.35. The molecule has 1 aromatic rings. The van der Waals surface area contributed by atoms with E-state index in [0.29, 0.717) is 75.7 Å². The van der Waals surface area contributed by atoms with Crippen LogP contribution in [0.4, 0.5) is 0 Å². The Hall–Kier alpha value is -4.86. The first kappa shape index (κ1) is 33.1. The topological polar surface area (TPSA) is 161 Å². The highest BCUT2D eigenvalue weighted by molar-refractivity contribution is 6.09. The molecule has 5 heterocycles. The van der Waals surface area contributed by atoms with Crippen molar-refractivity contribution in [3.05, 3.63) is 82.8 Å². The lowest BCUT2D eigenvalue weighted by Gasteiger charge is -2.30. The number of aromatic nitrogens is 1. The summed E-state index contributed by atoms with van der Waals surface area (Å²) in [5.41, 5.74) is 4.26. The lowest BCUT2D eigenvalue weighted by Crippen LogP contribution is -2.47. The maximum Gasteiger partial charge on any atom is 0.238 e. The summed E-state index contributed by atoms with van der Waals surface area (Å²) >= 11 is 0. The number of nitrogens with zero attached hydrogens (tertiary/aromatic N) is 4. The summed E-state index contributed by atoms with van der Waals surface area (Å²) in [5.74, 6) is 0.922. The number of nitrogens with one attached hydrogen (secondary N) is 4. The third kappa shape index (κ3) is 7.81. The summed E-state index contributed by atoms with van der Waals surface area (Å²) in [5, 5.41) is 22.8. The summed E-state index contributed by atoms with van der Waals surface area (Å²) in [6, 6.07) is 6.67. The summed E-state index contributed by atoms with van der Waals surface area (Å²) in [6.07, 6.45) is 17.7. The van der Waals surface area contributed by atoms with Crippen molar-refractivity contribution in [1.82, 2.24) is 31.2 Å². The van der Waals surface area contributed by atoms with Crippen LogP contribution in [0, 0.1) is 17.2 Å². The van der Waals surface area contributed by atoms with Crippen LogP contribution in [0.25, 0.3) is 0 Å². The van der Waals surface area contributed by atoms with E-state index in [2.05, 4.69) is 38.4 Å². The van der Waals surface area contributed by atoms with Gasteiger partial charge in [0.1, 0.15) is 5.84 Å². The van der Waals surface area contributed by atoms with Gasteiger partial charge in [0.25, 0.3) is 0 Å². The van der Waals surface area contributed by atoms with Gasteiger partial charge in [-0.05, 0) is 55.0 Å². The van der Waals surface area contributed by atoms with E-state index in [9.17, 15) is 19.6 Å². The molecule has 5 aliphatic rings. The van der Waals surface area contributed by atoms with Crippen molar-refractivity contribution in [3.63, 3.8) is 0 Å². The number of pyridine rings is 1. The molecule has 4 atom stereocenters. The average Bonchev–Trinajstić information content (AvgIpc) is 3.72. The van der Waals surface area contributed by atoms with Crippen LogP contribution < -0.4 is 26.0 Å². The number of methoxy groups -OCH3 is 1. The minimum Gasteiger partial charge on any atom is -0.481 e. The zero-order chi connectivity index (χ0) is 33.5. The number of fused-ring (bicyclic) bond motifs is 1. The molecule has 4 aliphatic heterocycles. The number of hydrogen-bond donors (Lipinski definition) is 4. The Morgan fingerprint density at radius 2 is 1.83 bits per heavy atom. The maximum absolute atomic E-state index is 13.1. The van der Waals surface area contributed by atoms with Crippen LogP contribution in [0.5, 0.6) is 5.88 Å². The summed E-state index contributed by atoms with van der Waals surface area (Å²) in [4.78, 5) is 47.1. The molecule has 1 aliphatic carbocycles. The molecule has 12 heteroatoms. The number of carbonyl (C=O) groups is 3. The van der Waals surface area contributed by atoms with Crippen LogP contribution in [0.3, 0.4) is 0 Å². The molecule has 0 aromatic carbocycles. The van der Waals surface area contributed by atoms with Gasteiger partial charge >= 0.3 is 0 Å². The molecule has 12 nitrogen and oxygen atoms in total. The number of carbonyl (C=O) groups excluding carboxylic acids is 3. The Morgan fingerprint density at radius 1 is 1.06 bits per heavy atom. The lowest BCUT2D eigenvalue weighted by molar-refractivity contribution is -0.129. The van der Waals surface area contributed by atoms with Crippen LogP contribution in [-0.4, -0.2) is 78.8 Å². The molecule has 2 saturated heterocycles. The van der Waals surface area contributed by atoms with Crippen LogP contribution in [0.1, 0.15) is 55.7 Å². The van der Waals surface area contributed by atoms with Gasteiger partial charge in [-0.3, -0.25) is 24.3 Å². The molecule has 6 rings (SSSR count). The lowest BCUT2D eigenvalue weighted by atomic mass is 9.84. The molecule has 3 amide bonds. The van der Waals surface area contributed by atoms with E-state index in [1.165, 1.54) is 0 Å². The SMILES string of the molecule is COc1nc(C2CC=CC(C/C=C/C3=CC4=NCC(CNC[C@@H]5CCC(=O)N5)C(=O)N4C=C3)=C2C#N)ccc1CNC[C@@H]1CCC(=O)N1. The third-order valence-corrected chi connectivity index (χ3v) is 9.34. The van der Waals surface area contributed by atoms with E-state index < -0.39 is 0 Å². The van der Waals surface area contributed by atoms with Crippen LogP contribution in [0.2, 0.25) is 0 Å². The number of ether oxygens (including phenoxy) is 1. The van der Waals surface area contributed by atoms with E-state index in [0.717, 1.165) is 35.2 Å². The zero-order valence-electron chi connectivity index (χ0n) is 27.2. The summed E-state index contributed by atoms with van der Waals surface area (Å²) in [6.45, 7) is 2.82. The Labute approximate surface area is 280 Å². The Morgan fingerprint density at radius 3 is 2.54 bits per heavy atom. The van der Waals surface area contributed by atoms with E-state index in [1.807, 2.05) is 42.5 Å². The first-order chi connectivity index (χ1) is 23.4. The minimum atomic E-state index is -0.252. The van der Waals surface area contributed by atoms with E-state index >= 15 is 0 Å². The van der Waals surface area contributed by atoms with Gasteiger partial charge in [0.05, 0.1) is 31.3 Å². The van der Waals surface area contributed by atoms with Gasteiger partial charge in [0.2, 0.25) is 23.6 Å². The van der Waals surface area contributed by atoms with Gasteiger partial charge in [0.15, 0.2) is 0 Å². The van der Waals surface area contributed by atoms with Crippen molar-refractivity contribution >= 4 is 23.6 Å². The van der Waals surface area contributed by atoms with Gasteiger partial charge in [-0.15, -0.1) is 0 Å². The second kappa shape index (κ2) is 15.4. The number of allylic oxidation sites excluding steroid dienone is 8. The fourth-order valence-corrected chi connectivity index (χ4v) is 6.70. The molecule has 2 unspecified atom stereocenters. The molecular weight excluding hydrogens is 608 g/mol. The highest BCUT2D eigenvalue weighted by Gasteiger charge is 2.31. The van der Waals surface area contributed by atoms with Gasteiger partial charge in [-0.1, -0.05) is 30.4 Å². The first-order valence-electron chi connectivity index (χ1n) is 16.7. The fraction of sp³-hybridized carbons (Fsp3) is 0.444. The molecule has 250 valence electrons.